The summed E-state index contributed by atoms with van der Waals surface area (Å²) in [5.41, 5.74) is 2.12. The molecule has 6 nitrogen and oxygen atoms in total. The van der Waals surface area contributed by atoms with E-state index >= 15 is 0 Å². The van der Waals surface area contributed by atoms with Crippen molar-refractivity contribution in [2.24, 2.45) is 4.99 Å². The number of para-hydroxylation sites is 1. The normalized spacial score (nSPS) is 14.4. The number of benzene rings is 1. The Balaban J connectivity index is 2.00. The van der Waals surface area contributed by atoms with E-state index in [1.165, 1.54) is 18.4 Å². The summed E-state index contributed by atoms with van der Waals surface area (Å²) in [5, 5.41) is 10.8. The monoisotopic (exact) mass is 374 g/mol. The first-order valence-electron chi connectivity index (χ1n) is 8.45. The highest BCUT2D eigenvalue weighted by Crippen LogP contribution is 2.39. The lowest BCUT2D eigenvalue weighted by Gasteiger charge is -2.22. The van der Waals surface area contributed by atoms with Gasteiger partial charge in [-0.1, -0.05) is 6.07 Å². The zero-order valence-corrected chi connectivity index (χ0v) is 15.9. The van der Waals surface area contributed by atoms with E-state index < -0.39 is 0 Å². The average Bonchev–Trinajstić information content (AvgIpc) is 2.98. The van der Waals surface area contributed by atoms with Crippen LogP contribution in [0.3, 0.4) is 0 Å². The number of aromatic hydroxyl groups is 1. The second kappa shape index (κ2) is 7.88. The molecule has 7 heteroatoms. The van der Waals surface area contributed by atoms with Gasteiger partial charge in [-0.15, -0.1) is 11.3 Å². The predicted octanol–water partition coefficient (Wildman–Crippen LogP) is 3.38. The number of ether oxygens (including phenoxy) is 2. The van der Waals surface area contributed by atoms with Crippen LogP contribution in [0.15, 0.2) is 23.2 Å². The largest absolute Gasteiger partial charge is 0.504 e. The molecule has 0 saturated heterocycles. The number of fused-ring (bicyclic) bond motifs is 1. The van der Waals surface area contributed by atoms with Crippen LogP contribution in [0.2, 0.25) is 0 Å². The Labute approximate surface area is 156 Å². The maximum atomic E-state index is 12.5. The minimum Gasteiger partial charge on any atom is -0.504 e. The molecule has 1 aliphatic rings. The number of carbonyl (C=O) groups excluding carboxylic acids is 1. The van der Waals surface area contributed by atoms with Gasteiger partial charge in [-0.25, -0.2) is 9.79 Å². The number of rotatable bonds is 5. The first kappa shape index (κ1) is 18.4. The Bertz CT molecular complexity index is 844. The molecule has 3 rings (SSSR count). The Morgan fingerprint density at radius 3 is 3.00 bits per heavy atom. The predicted molar refractivity (Wildman–Crippen MR) is 102 cm³/mol. The number of carbonyl (C=O) groups is 1. The number of esters is 1. The van der Waals surface area contributed by atoms with Crippen molar-refractivity contribution in [2.75, 3.05) is 27.3 Å². The van der Waals surface area contributed by atoms with Crippen LogP contribution in [0.1, 0.15) is 33.3 Å². The third-order valence-electron chi connectivity index (χ3n) is 4.28. The van der Waals surface area contributed by atoms with E-state index in [1.807, 2.05) is 0 Å². The first-order chi connectivity index (χ1) is 12.5. The van der Waals surface area contributed by atoms with E-state index in [0.717, 1.165) is 30.0 Å². The summed E-state index contributed by atoms with van der Waals surface area (Å²) in [6, 6.07) is 5.20. The van der Waals surface area contributed by atoms with Gasteiger partial charge in [0, 0.05) is 29.7 Å². The maximum absolute atomic E-state index is 12.5. The molecule has 1 aliphatic heterocycles. The lowest BCUT2D eigenvalue weighted by Crippen LogP contribution is -2.26. The van der Waals surface area contributed by atoms with Crippen molar-refractivity contribution in [1.82, 2.24) is 4.90 Å². The Morgan fingerprint density at radius 1 is 1.46 bits per heavy atom. The molecule has 0 saturated carbocycles. The molecule has 1 N–H and O–H groups in total. The number of nitrogens with zero attached hydrogens (tertiary/aromatic N) is 2. The number of methoxy groups -OCH3 is 1. The number of phenolic OH excluding ortho intramolecular Hbond substituents is 1. The molecule has 2 heterocycles. The van der Waals surface area contributed by atoms with Crippen LogP contribution in [0.5, 0.6) is 11.5 Å². The Hall–Kier alpha value is -2.38. The third-order valence-corrected chi connectivity index (χ3v) is 5.40. The van der Waals surface area contributed by atoms with Crippen LogP contribution >= 0.6 is 11.3 Å². The van der Waals surface area contributed by atoms with E-state index in [0.29, 0.717) is 28.5 Å². The second-order valence-corrected chi connectivity index (χ2v) is 7.13. The van der Waals surface area contributed by atoms with Crippen molar-refractivity contribution in [3.63, 3.8) is 0 Å². The van der Waals surface area contributed by atoms with Crippen molar-refractivity contribution in [3.8, 4) is 11.5 Å². The van der Waals surface area contributed by atoms with Crippen LogP contribution in [0.4, 0.5) is 5.00 Å². The summed E-state index contributed by atoms with van der Waals surface area (Å²) in [4.78, 5) is 20.4. The number of aliphatic imine (C=N–C) groups is 1. The maximum Gasteiger partial charge on any atom is 0.341 e. The molecular formula is C19H22N2O4S. The molecule has 0 spiro atoms. The highest BCUT2D eigenvalue weighted by Gasteiger charge is 2.27. The summed E-state index contributed by atoms with van der Waals surface area (Å²) in [5.74, 6) is 0.0701. The third kappa shape index (κ3) is 3.59. The van der Waals surface area contributed by atoms with Crippen molar-refractivity contribution >= 4 is 28.5 Å². The van der Waals surface area contributed by atoms with E-state index in [-0.39, 0.29) is 11.7 Å². The summed E-state index contributed by atoms with van der Waals surface area (Å²) in [6.07, 6.45) is 2.36. The number of phenols is 1. The standard InChI is InChI=1S/C19H22N2O4S/c1-4-25-19(23)16-13-8-9-21(2)11-15(13)26-18(16)20-10-12-6-5-7-14(24-3)17(12)22/h5-7,10,22H,4,8-9,11H2,1-3H3. The van der Waals surface area contributed by atoms with Gasteiger partial charge in [-0.05, 0) is 38.1 Å². The van der Waals surface area contributed by atoms with Gasteiger partial charge in [-0.2, -0.15) is 0 Å². The molecule has 0 atom stereocenters. The summed E-state index contributed by atoms with van der Waals surface area (Å²) < 4.78 is 10.4. The lowest BCUT2D eigenvalue weighted by molar-refractivity contribution is 0.0526. The van der Waals surface area contributed by atoms with Crippen LogP contribution in [0, 0.1) is 0 Å². The van der Waals surface area contributed by atoms with Gasteiger partial charge >= 0.3 is 5.97 Å². The molecule has 0 radical (unpaired) electrons. The van der Waals surface area contributed by atoms with Crippen LogP contribution in [-0.4, -0.2) is 49.5 Å². The van der Waals surface area contributed by atoms with Gasteiger partial charge in [0.25, 0.3) is 0 Å². The molecule has 1 aromatic heterocycles. The van der Waals surface area contributed by atoms with E-state index in [9.17, 15) is 9.90 Å². The molecule has 138 valence electrons. The van der Waals surface area contributed by atoms with E-state index in [2.05, 4.69) is 16.9 Å². The molecule has 26 heavy (non-hydrogen) atoms. The highest BCUT2D eigenvalue weighted by molar-refractivity contribution is 7.16. The fourth-order valence-corrected chi connectivity index (χ4v) is 4.22. The SMILES string of the molecule is CCOC(=O)c1c(N=Cc2cccc(OC)c2O)sc2c1CCN(C)C2. The van der Waals surface area contributed by atoms with Crippen molar-refractivity contribution < 1.29 is 19.4 Å². The average molecular weight is 374 g/mol. The summed E-state index contributed by atoms with van der Waals surface area (Å²) in [7, 11) is 3.56. The molecule has 0 bridgehead atoms. The van der Waals surface area contributed by atoms with Crippen LogP contribution in [-0.2, 0) is 17.7 Å². The van der Waals surface area contributed by atoms with Gasteiger partial charge in [-0.3, -0.25) is 0 Å². The van der Waals surface area contributed by atoms with Gasteiger partial charge in [0.05, 0.1) is 19.3 Å². The van der Waals surface area contributed by atoms with Crippen molar-refractivity contribution in [3.05, 3.63) is 39.8 Å². The fourth-order valence-electron chi connectivity index (χ4n) is 2.96. The van der Waals surface area contributed by atoms with Gasteiger partial charge in [0.2, 0.25) is 0 Å². The summed E-state index contributed by atoms with van der Waals surface area (Å²) >= 11 is 1.50. The number of likely N-dealkylation sites (N-methyl/N-ethyl adjacent to an activating group) is 1. The molecule has 0 aliphatic carbocycles. The van der Waals surface area contributed by atoms with Crippen LogP contribution in [0.25, 0.3) is 0 Å². The van der Waals surface area contributed by atoms with Gasteiger partial charge < -0.3 is 19.5 Å². The van der Waals surface area contributed by atoms with Crippen molar-refractivity contribution in [1.29, 1.82) is 0 Å². The Morgan fingerprint density at radius 2 is 2.27 bits per heavy atom. The molecule has 2 aromatic rings. The highest BCUT2D eigenvalue weighted by atomic mass is 32.1. The smallest absolute Gasteiger partial charge is 0.341 e. The lowest BCUT2D eigenvalue weighted by atomic mass is 10.0. The van der Waals surface area contributed by atoms with E-state index in [4.69, 9.17) is 9.47 Å². The van der Waals surface area contributed by atoms with Gasteiger partial charge in [0.15, 0.2) is 11.5 Å². The van der Waals surface area contributed by atoms with Crippen molar-refractivity contribution in [2.45, 2.75) is 19.9 Å². The zero-order chi connectivity index (χ0) is 18.7. The number of hydrogen-bond donors (Lipinski definition) is 1. The topological polar surface area (TPSA) is 71.4 Å². The fraction of sp³-hybridized carbons (Fsp3) is 0.368. The number of hydrogen-bond acceptors (Lipinski definition) is 7. The van der Waals surface area contributed by atoms with E-state index in [1.54, 1.807) is 31.3 Å². The molecular weight excluding hydrogens is 352 g/mol. The molecule has 1 aromatic carbocycles. The number of thiophene rings is 1. The minimum atomic E-state index is -0.337. The van der Waals surface area contributed by atoms with Gasteiger partial charge in [0.1, 0.15) is 5.00 Å². The van der Waals surface area contributed by atoms with Crippen LogP contribution < -0.4 is 4.74 Å². The molecule has 0 unspecified atom stereocenters. The Kier molecular flexibility index (Phi) is 5.58. The first-order valence-corrected chi connectivity index (χ1v) is 9.27. The summed E-state index contributed by atoms with van der Waals surface area (Å²) in [6.45, 7) is 3.81. The molecule has 0 fully saturated rings. The molecule has 0 amide bonds. The quantitative estimate of drug-likeness (QED) is 0.642. The zero-order valence-electron chi connectivity index (χ0n) is 15.1. The second-order valence-electron chi connectivity index (χ2n) is 6.05. The minimum absolute atomic E-state index is 0.0255.